The minimum Gasteiger partial charge on any atom is -0.354 e. The summed E-state index contributed by atoms with van der Waals surface area (Å²) in [6, 6.07) is 0. The molecule has 0 aromatic carbocycles. The van der Waals surface area contributed by atoms with Gasteiger partial charge in [-0.2, -0.15) is 0 Å². The minimum atomic E-state index is -0.426. The predicted octanol–water partition coefficient (Wildman–Crippen LogP) is -0.593. The first-order valence-corrected chi connectivity index (χ1v) is 7.59. The molecule has 0 aliphatic rings. The number of aryl methyl sites for hydroxylation is 1. The van der Waals surface area contributed by atoms with Crippen molar-refractivity contribution in [3.63, 3.8) is 0 Å². The van der Waals surface area contributed by atoms with E-state index in [1.165, 1.54) is 23.4 Å². The second kappa shape index (κ2) is 6.35. The van der Waals surface area contributed by atoms with Crippen LogP contribution in [-0.2, 0) is 18.9 Å². The fourth-order valence-corrected chi connectivity index (χ4v) is 2.58. The number of rotatable bonds is 5. The van der Waals surface area contributed by atoms with Gasteiger partial charge < -0.3 is 10.3 Å². The molecule has 0 spiro atoms. The molecule has 2 aromatic rings. The second-order valence-electron chi connectivity index (χ2n) is 4.28. The van der Waals surface area contributed by atoms with Gasteiger partial charge in [-0.1, -0.05) is 11.8 Å². The molecule has 2 heterocycles. The molecular formula is C11H14ClN5O3S. The molecule has 0 radical (unpaired) electrons. The SMILES string of the molecule is Cn1c(=O)c2[nH]c(SCCNC(=O)CCl)nc2n(C)c1=O. The lowest BCUT2D eigenvalue weighted by Gasteiger charge is -2.00. The molecule has 0 unspecified atom stereocenters. The number of carbonyl (C=O) groups excluding carboxylic acids is 1. The predicted molar refractivity (Wildman–Crippen MR) is 81.0 cm³/mol. The highest BCUT2D eigenvalue weighted by Gasteiger charge is 2.13. The number of halogens is 1. The number of fused-ring (bicyclic) bond motifs is 1. The Morgan fingerprint density at radius 1 is 1.38 bits per heavy atom. The van der Waals surface area contributed by atoms with Crippen molar-refractivity contribution in [2.45, 2.75) is 5.16 Å². The number of aromatic nitrogens is 4. The molecule has 2 aromatic heterocycles. The van der Waals surface area contributed by atoms with Crippen molar-refractivity contribution in [1.29, 1.82) is 0 Å². The number of aromatic amines is 1. The van der Waals surface area contributed by atoms with Gasteiger partial charge in [0.15, 0.2) is 16.3 Å². The van der Waals surface area contributed by atoms with Gasteiger partial charge in [-0.05, 0) is 0 Å². The molecular weight excluding hydrogens is 318 g/mol. The highest BCUT2D eigenvalue weighted by molar-refractivity contribution is 7.99. The Morgan fingerprint density at radius 3 is 2.76 bits per heavy atom. The van der Waals surface area contributed by atoms with Crippen molar-refractivity contribution >= 4 is 40.4 Å². The zero-order valence-electron chi connectivity index (χ0n) is 11.5. The summed E-state index contributed by atoms with van der Waals surface area (Å²) < 4.78 is 2.34. The monoisotopic (exact) mass is 331 g/mol. The van der Waals surface area contributed by atoms with Crippen LogP contribution in [0.4, 0.5) is 0 Å². The lowest BCUT2D eigenvalue weighted by atomic mass is 10.5. The van der Waals surface area contributed by atoms with Gasteiger partial charge in [-0.3, -0.25) is 18.7 Å². The van der Waals surface area contributed by atoms with Gasteiger partial charge in [-0.25, -0.2) is 9.78 Å². The first kappa shape index (κ1) is 15.6. The normalized spacial score (nSPS) is 11.0. The molecule has 21 heavy (non-hydrogen) atoms. The lowest BCUT2D eigenvalue weighted by Crippen LogP contribution is -2.36. The molecule has 0 atom stereocenters. The Kier molecular flexibility index (Phi) is 4.73. The Hall–Kier alpha value is -1.74. The van der Waals surface area contributed by atoms with Crippen LogP contribution in [0.2, 0.25) is 0 Å². The minimum absolute atomic E-state index is 0.0759. The molecule has 0 aliphatic heterocycles. The van der Waals surface area contributed by atoms with E-state index in [2.05, 4.69) is 15.3 Å². The van der Waals surface area contributed by atoms with Crippen molar-refractivity contribution in [2.24, 2.45) is 14.1 Å². The molecule has 1 amide bonds. The Balaban J connectivity index is 2.18. The maximum absolute atomic E-state index is 12.0. The Labute approximate surface area is 128 Å². The fraction of sp³-hybridized carbons (Fsp3) is 0.455. The Bertz CT molecular complexity index is 793. The third-order valence-corrected chi connectivity index (χ3v) is 3.98. The van der Waals surface area contributed by atoms with Gasteiger partial charge in [0.05, 0.1) is 0 Å². The van der Waals surface area contributed by atoms with Gasteiger partial charge in [0, 0.05) is 26.4 Å². The molecule has 114 valence electrons. The van der Waals surface area contributed by atoms with E-state index in [0.29, 0.717) is 23.1 Å². The number of amides is 1. The third kappa shape index (κ3) is 3.13. The largest absolute Gasteiger partial charge is 0.354 e. The van der Waals surface area contributed by atoms with Crippen LogP contribution in [0.1, 0.15) is 0 Å². The van der Waals surface area contributed by atoms with E-state index in [0.717, 1.165) is 4.57 Å². The molecule has 0 aliphatic carbocycles. The van der Waals surface area contributed by atoms with Crippen LogP contribution in [0.15, 0.2) is 14.7 Å². The molecule has 0 bridgehead atoms. The number of carbonyl (C=O) groups is 1. The van der Waals surface area contributed by atoms with Crippen LogP contribution in [0, 0.1) is 0 Å². The number of hydrogen-bond acceptors (Lipinski definition) is 5. The van der Waals surface area contributed by atoms with Crippen molar-refractivity contribution in [2.75, 3.05) is 18.2 Å². The van der Waals surface area contributed by atoms with Crippen molar-refractivity contribution < 1.29 is 4.79 Å². The smallest absolute Gasteiger partial charge is 0.332 e. The molecule has 2 N–H and O–H groups in total. The first-order valence-electron chi connectivity index (χ1n) is 6.07. The summed E-state index contributed by atoms with van der Waals surface area (Å²) in [5.74, 6) is 0.252. The third-order valence-electron chi connectivity index (χ3n) is 2.86. The van der Waals surface area contributed by atoms with Gasteiger partial charge >= 0.3 is 5.69 Å². The molecule has 0 saturated heterocycles. The van der Waals surface area contributed by atoms with Crippen molar-refractivity contribution in [3.05, 3.63) is 20.8 Å². The number of nitrogens with zero attached hydrogens (tertiary/aromatic N) is 3. The standard InChI is InChI=1S/C11H14ClN5O3S/c1-16-8-7(9(19)17(2)11(16)20)14-10(15-8)21-4-3-13-6(18)5-12/h3-5H2,1-2H3,(H,13,18)(H,14,15). The number of thioether (sulfide) groups is 1. The topological polar surface area (TPSA) is 102 Å². The number of imidazole rings is 1. The molecule has 10 heteroatoms. The van der Waals surface area contributed by atoms with E-state index in [9.17, 15) is 14.4 Å². The van der Waals surface area contributed by atoms with Gasteiger partial charge in [0.2, 0.25) is 5.91 Å². The van der Waals surface area contributed by atoms with Crippen LogP contribution in [-0.4, -0.2) is 43.2 Å². The second-order valence-corrected chi connectivity index (χ2v) is 5.63. The number of hydrogen-bond donors (Lipinski definition) is 2. The highest BCUT2D eigenvalue weighted by atomic mass is 35.5. The Morgan fingerprint density at radius 2 is 2.10 bits per heavy atom. The summed E-state index contributed by atoms with van der Waals surface area (Å²) in [4.78, 5) is 41.9. The van der Waals surface area contributed by atoms with E-state index >= 15 is 0 Å². The summed E-state index contributed by atoms with van der Waals surface area (Å²) in [5, 5.41) is 3.14. The summed E-state index contributed by atoms with van der Waals surface area (Å²) in [5.41, 5.74) is -0.241. The zero-order valence-corrected chi connectivity index (χ0v) is 13.0. The van der Waals surface area contributed by atoms with Crippen LogP contribution in [0.5, 0.6) is 0 Å². The maximum atomic E-state index is 12.0. The van der Waals surface area contributed by atoms with Crippen LogP contribution < -0.4 is 16.6 Å². The summed E-state index contributed by atoms with van der Waals surface area (Å²) in [6.45, 7) is 0.435. The van der Waals surface area contributed by atoms with E-state index in [1.807, 2.05) is 0 Å². The summed E-state index contributed by atoms with van der Waals surface area (Å²) in [6.07, 6.45) is 0. The van der Waals surface area contributed by atoms with Crippen LogP contribution >= 0.6 is 23.4 Å². The highest BCUT2D eigenvalue weighted by Crippen LogP contribution is 2.15. The van der Waals surface area contributed by atoms with Crippen LogP contribution in [0.3, 0.4) is 0 Å². The molecule has 8 nitrogen and oxygen atoms in total. The van der Waals surface area contributed by atoms with Gasteiger partial charge in [0.25, 0.3) is 5.56 Å². The van der Waals surface area contributed by atoms with E-state index in [-0.39, 0.29) is 17.3 Å². The van der Waals surface area contributed by atoms with Gasteiger partial charge in [-0.15, -0.1) is 11.6 Å². The van der Waals surface area contributed by atoms with E-state index < -0.39 is 11.2 Å². The van der Waals surface area contributed by atoms with Gasteiger partial charge in [0.1, 0.15) is 5.88 Å². The first-order chi connectivity index (χ1) is 9.95. The maximum Gasteiger partial charge on any atom is 0.332 e. The zero-order chi connectivity index (χ0) is 15.6. The molecule has 0 fully saturated rings. The fourth-order valence-electron chi connectivity index (χ4n) is 1.76. The molecule has 0 saturated carbocycles. The number of alkyl halides is 1. The van der Waals surface area contributed by atoms with E-state index in [1.54, 1.807) is 7.05 Å². The van der Waals surface area contributed by atoms with Crippen molar-refractivity contribution in [1.82, 2.24) is 24.4 Å². The molecule has 2 rings (SSSR count). The lowest BCUT2D eigenvalue weighted by molar-refractivity contribution is -0.118. The summed E-state index contributed by atoms with van der Waals surface area (Å²) >= 11 is 6.70. The average Bonchev–Trinajstić information content (AvgIpc) is 2.91. The average molecular weight is 332 g/mol. The summed E-state index contributed by atoms with van der Waals surface area (Å²) in [7, 11) is 2.97. The number of nitrogens with one attached hydrogen (secondary N) is 2. The van der Waals surface area contributed by atoms with E-state index in [4.69, 9.17) is 11.6 Å². The quantitative estimate of drug-likeness (QED) is 0.433. The van der Waals surface area contributed by atoms with Crippen molar-refractivity contribution in [3.8, 4) is 0 Å². The number of H-pyrrole nitrogens is 1. The van der Waals surface area contributed by atoms with Crippen LogP contribution in [0.25, 0.3) is 11.2 Å².